The number of hydrogen-bond acceptors (Lipinski definition) is 4. The van der Waals surface area contributed by atoms with E-state index in [0.717, 1.165) is 0 Å². The molecule has 0 aromatic heterocycles. The van der Waals surface area contributed by atoms with Crippen molar-refractivity contribution in [2.75, 3.05) is 13.7 Å². The van der Waals surface area contributed by atoms with Gasteiger partial charge in [-0.25, -0.2) is 4.79 Å². The fraction of sp³-hybridized carbons (Fsp3) is 0.364. The monoisotopic (exact) mass is 324 g/mol. The van der Waals surface area contributed by atoms with Crippen LogP contribution in [0.15, 0.2) is 22.7 Å². The van der Waals surface area contributed by atoms with Gasteiger partial charge in [-0.15, -0.1) is 0 Å². The highest BCUT2D eigenvalue weighted by Gasteiger charge is 2.44. The molecule has 0 saturated carbocycles. The minimum Gasteiger partial charge on any atom is -0.493 e. The predicted octanol–water partition coefficient (Wildman–Crippen LogP) is 2.99. The van der Waals surface area contributed by atoms with E-state index in [1.165, 1.54) is 32.2 Å². The van der Waals surface area contributed by atoms with Crippen molar-refractivity contribution >= 4 is 21.9 Å². The average molecular weight is 325 g/mol. The standard InChI is InChI=1S/C11H11BrF2O4/c1-3-17-10(15)11(13,14)18-8-5-4-7(12)6-9(8)16-2/h4-6H,3H2,1-2H3. The summed E-state index contributed by atoms with van der Waals surface area (Å²) in [7, 11) is 1.30. The van der Waals surface area contributed by atoms with Gasteiger partial charge in [0, 0.05) is 4.47 Å². The van der Waals surface area contributed by atoms with Crippen LogP contribution < -0.4 is 9.47 Å². The molecule has 0 saturated heterocycles. The van der Waals surface area contributed by atoms with Gasteiger partial charge in [-0.1, -0.05) is 15.9 Å². The van der Waals surface area contributed by atoms with Gasteiger partial charge in [0.05, 0.1) is 13.7 Å². The Bertz CT molecular complexity index is 437. The van der Waals surface area contributed by atoms with E-state index in [1.54, 1.807) is 0 Å². The maximum atomic E-state index is 13.3. The number of halogens is 3. The van der Waals surface area contributed by atoms with Gasteiger partial charge in [0.1, 0.15) is 0 Å². The Morgan fingerprint density at radius 2 is 2.06 bits per heavy atom. The van der Waals surface area contributed by atoms with Crippen LogP contribution in [-0.2, 0) is 9.53 Å². The molecule has 0 fully saturated rings. The molecule has 1 aromatic rings. The van der Waals surface area contributed by atoms with E-state index < -0.39 is 12.1 Å². The molecule has 0 unspecified atom stereocenters. The second kappa shape index (κ2) is 5.99. The molecule has 1 rings (SSSR count). The number of carbonyl (C=O) groups excluding carboxylic acids is 1. The zero-order valence-electron chi connectivity index (χ0n) is 9.71. The van der Waals surface area contributed by atoms with Crippen molar-refractivity contribution in [2.45, 2.75) is 13.0 Å². The largest absolute Gasteiger partial charge is 0.502 e. The summed E-state index contributed by atoms with van der Waals surface area (Å²) in [5.41, 5.74) is 0. The first-order valence-electron chi connectivity index (χ1n) is 4.98. The lowest BCUT2D eigenvalue weighted by Gasteiger charge is -2.17. The Hall–Kier alpha value is -1.37. The Kier molecular flexibility index (Phi) is 4.89. The molecule has 18 heavy (non-hydrogen) atoms. The zero-order chi connectivity index (χ0) is 13.8. The van der Waals surface area contributed by atoms with Crippen molar-refractivity contribution in [2.24, 2.45) is 0 Å². The van der Waals surface area contributed by atoms with Crippen molar-refractivity contribution in [1.29, 1.82) is 0 Å². The Labute approximate surface area is 111 Å². The van der Waals surface area contributed by atoms with Gasteiger partial charge in [-0.3, -0.25) is 0 Å². The number of rotatable bonds is 5. The van der Waals surface area contributed by atoms with E-state index in [4.69, 9.17) is 4.74 Å². The summed E-state index contributed by atoms with van der Waals surface area (Å²) in [4.78, 5) is 11.0. The van der Waals surface area contributed by atoms with Crippen LogP contribution in [0, 0.1) is 0 Å². The molecule has 4 nitrogen and oxygen atoms in total. The van der Waals surface area contributed by atoms with Crippen LogP contribution in [0.2, 0.25) is 0 Å². The van der Waals surface area contributed by atoms with Gasteiger partial charge in [-0.2, -0.15) is 8.78 Å². The van der Waals surface area contributed by atoms with Crippen LogP contribution in [0.5, 0.6) is 11.5 Å². The third-order valence-corrected chi connectivity index (χ3v) is 2.37. The number of carbonyl (C=O) groups is 1. The predicted molar refractivity (Wildman–Crippen MR) is 62.9 cm³/mol. The summed E-state index contributed by atoms with van der Waals surface area (Å²) in [6.07, 6.45) is -4.06. The topological polar surface area (TPSA) is 44.8 Å². The summed E-state index contributed by atoms with van der Waals surface area (Å²) < 4.78 is 40.7. The maximum Gasteiger partial charge on any atom is 0.502 e. The van der Waals surface area contributed by atoms with Crippen molar-refractivity contribution in [1.82, 2.24) is 0 Å². The lowest BCUT2D eigenvalue weighted by atomic mass is 10.3. The smallest absolute Gasteiger partial charge is 0.493 e. The molecular weight excluding hydrogens is 314 g/mol. The van der Waals surface area contributed by atoms with Crippen molar-refractivity contribution in [3.05, 3.63) is 22.7 Å². The van der Waals surface area contributed by atoms with Gasteiger partial charge in [0.25, 0.3) is 0 Å². The number of benzene rings is 1. The molecule has 1 aromatic carbocycles. The lowest BCUT2D eigenvalue weighted by molar-refractivity contribution is -0.216. The number of hydrogen-bond donors (Lipinski definition) is 0. The van der Waals surface area contributed by atoms with Crippen LogP contribution in [-0.4, -0.2) is 25.8 Å². The zero-order valence-corrected chi connectivity index (χ0v) is 11.3. The third-order valence-electron chi connectivity index (χ3n) is 1.88. The molecule has 0 atom stereocenters. The van der Waals surface area contributed by atoms with Crippen LogP contribution >= 0.6 is 15.9 Å². The molecule has 0 bridgehead atoms. The van der Waals surface area contributed by atoms with E-state index in [2.05, 4.69) is 25.4 Å². The fourth-order valence-electron chi connectivity index (χ4n) is 1.12. The van der Waals surface area contributed by atoms with Crippen molar-refractivity contribution < 1.29 is 27.8 Å². The molecule has 100 valence electrons. The Morgan fingerprint density at radius 3 is 2.61 bits per heavy atom. The third kappa shape index (κ3) is 3.56. The van der Waals surface area contributed by atoms with Crippen LogP contribution in [0.3, 0.4) is 0 Å². The molecular formula is C11H11BrF2O4. The number of esters is 1. The van der Waals surface area contributed by atoms with Crippen LogP contribution in [0.1, 0.15) is 6.92 Å². The van der Waals surface area contributed by atoms with Gasteiger partial charge in [0.2, 0.25) is 0 Å². The molecule has 0 aliphatic heterocycles. The highest BCUT2D eigenvalue weighted by molar-refractivity contribution is 9.10. The highest BCUT2D eigenvalue weighted by Crippen LogP contribution is 2.34. The summed E-state index contributed by atoms with van der Waals surface area (Å²) in [5, 5.41) is 0. The molecule has 0 amide bonds. The fourth-order valence-corrected chi connectivity index (χ4v) is 1.46. The van der Waals surface area contributed by atoms with Gasteiger partial charge < -0.3 is 14.2 Å². The van der Waals surface area contributed by atoms with E-state index >= 15 is 0 Å². The summed E-state index contributed by atoms with van der Waals surface area (Å²) in [5.74, 6) is -1.91. The van der Waals surface area contributed by atoms with E-state index in [9.17, 15) is 13.6 Å². The molecule has 0 spiro atoms. The summed E-state index contributed by atoms with van der Waals surface area (Å²) >= 11 is 3.16. The number of ether oxygens (including phenoxy) is 3. The average Bonchev–Trinajstić information content (AvgIpc) is 2.31. The molecule has 0 aliphatic rings. The Morgan fingerprint density at radius 1 is 1.39 bits per heavy atom. The first kappa shape index (κ1) is 14.7. The SMILES string of the molecule is CCOC(=O)C(F)(F)Oc1ccc(Br)cc1OC. The quantitative estimate of drug-likeness (QED) is 0.781. The Balaban J connectivity index is 2.93. The second-order valence-corrected chi connectivity index (χ2v) is 4.05. The maximum absolute atomic E-state index is 13.3. The highest BCUT2D eigenvalue weighted by atomic mass is 79.9. The van der Waals surface area contributed by atoms with E-state index in [-0.39, 0.29) is 18.1 Å². The molecule has 0 aliphatic carbocycles. The second-order valence-electron chi connectivity index (χ2n) is 3.13. The molecule has 0 N–H and O–H groups in total. The number of alkyl halides is 2. The summed E-state index contributed by atoms with van der Waals surface area (Å²) in [6, 6.07) is 4.19. The first-order valence-corrected chi connectivity index (χ1v) is 5.77. The minimum absolute atomic E-state index is 0.0772. The minimum atomic E-state index is -4.06. The van der Waals surface area contributed by atoms with Gasteiger partial charge >= 0.3 is 12.1 Å². The van der Waals surface area contributed by atoms with Crippen molar-refractivity contribution in [3.63, 3.8) is 0 Å². The van der Waals surface area contributed by atoms with Crippen LogP contribution in [0.25, 0.3) is 0 Å². The first-order chi connectivity index (χ1) is 8.40. The molecule has 0 radical (unpaired) electrons. The van der Waals surface area contributed by atoms with E-state index in [1.807, 2.05) is 0 Å². The van der Waals surface area contributed by atoms with Gasteiger partial charge in [0.15, 0.2) is 11.5 Å². The molecule has 7 heteroatoms. The molecule has 0 heterocycles. The number of methoxy groups -OCH3 is 1. The normalized spacial score (nSPS) is 10.9. The van der Waals surface area contributed by atoms with Crippen LogP contribution in [0.4, 0.5) is 8.78 Å². The van der Waals surface area contributed by atoms with E-state index in [0.29, 0.717) is 4.47 Å². The summed E-state index contributed by atoms with van der Waals surface area (Å²) in [6.45, 7) is 1.27. The van der Waals surface area contributed by atoms with Crippen molar-refractivity contribution in [3.8, 4) is 11.5 Å². The lowest BCUT2D eigenvalue weighted by Crippen LogP contribution is -2.37. The van der Waals surface area contributed by atoms with Gasteiger partial charge in [-0.05, 0) is 25.1 Å².